The molecule has 11 nitrogen and oxygen atoms in total. The Bertz CT molecular complexity index is 1200. The number of nitrogens with zero attached hydrogens (tertiary/aromatic N) is 1. The third-order valence-electron chi connectivity index (χ3n) is 11.5. The van der Waals surface area contributed by atoms with Gasteiger partial charge in [-0.05, 0) is 67.8 Å². The van der Waals surface area contributed by atoms with E-state index in [4.69, 9.17) is 9.47 Å². The number of rotatable bonds is 7. The van der Waals surface area contributed by atoms with Gasteiger partial charge in [-0.2, -0.15) is 0 Å². The van der Waals surface area contributed by atoms with Gasteiger partial charge >= 0.3 is 11.9 Å². The number of carbonyl (C=O) groups is 5. The second-order valence-corrected chi connectivity index (χ2v) is 13.5. The zero-order chi connectivity index (χ0) is 30.6. The molecule has 0 radical (unpaired) electrons. The Morgan fingerprint density at radius 2 is 1.81 bits per heavy atom. The van der Waals surface area contributed by atoms with E-state index >= 15 is 0 Å². The van der Waals surface area contributed by atoms with Crippen molar-refractivity contribution >= 4 is 29.4 Å². The molecule has 1 amide bonds. The standard InChI is InChI=1S/C31H43NO10/c1-29-10-8-18(33)12-17(29)4-5-20-21-9-11-31(40,30(21,2)14-23(35)27(20)29)24(36)16-42-26(38)7-6-25(37)32-15-19(34)13-22(32)28(39)41-3/h12,19-23,27,34-35,40H,4-11,13-16H2,1-3H3. The number of allylic oxidation sites excluding steroid dienone is 1. The van der Waals surface area contributed by atoms with Gasteiger partial charge in [-0.1, -0.05) is 19.4 Å². The van der Waals surface area contributed by atoms with Crippen LogP contribution in [0.3, 0.4) is 0 Å². The van der Waals surface area contributed by atoms with Crippen molar-refractivity contribution < 1.29 is 48.8 Å². The van der Waals surface area contributed by atoms with Crippen LogP contribution in [0.25, 0.3) is 0 Å². The van der Waals surface area contributed by atoms with Gasteiger partial charge in [-0.25, -0.2) is 4.79 Å². The minimum Gasteiger partial charge on any atom is -0.467 e. The summed E-state index contributed by atoms with van der Waals surface area (Å²) in [6.07, 6.45) is 3.39. The number of hydrogen-bond acceptors (Lipinski definition) is 10. The molecule has 42 heavy (non-hydrogen) atoms. The highest BCUT2D eigenvalue weighted by molar-refractivity contribution is 5.92. The van der Waals surface area contributed by atoms with Gasteiger partial charge in [-0.15, -0.1) is 0 Å². The summed E-state index contributed by atoms with van der Waals surface area (Å²) in [7, 11) is 1.19. The zero-order valence-electron chi connectivity index (χ0n) is 24.7. The normalized spacial score (nSPS) is 40.9. The summed E-state index contributed by atoms with van der Waals surface area (Å²) in [6.45, 7) is 3.33. The molecule has 9 atom stereocenters. The van der Waals surface area contributed by atoms with Gasteiger partial charge in [0.2, 0.25) is 11.7 Å². The van der Waals surface area contributed by atoms with E-state index in [1.54, 1.807) is 6.08 Å². The first-order chi connectivity index (χ1) is 19.7. The summed E-state index contributed by atoms with van der Waals surface area (Å²) in [4.78, 5) is 63.8. The number of esters is 2. The van der Waals surface area contributed by atoms with Gasteiger partial charge in [0.15, 0.2) is 12.4 Å². The van der Waals surface area contributed by atoms with E-state index < -0.39 is 59.5 Å². The van der Waals surface area contributed by atoms with E-state index in [2.05, 4.69) is 6.92 Å². The number of aliphatic hydroxyl groups is 3. The van der Waals surface area contributed by atoms with Crippen LogP contribution in [0, 0.1) is 28.6 Å². The van der Waals surface area contributed by atoms with Crippen molar-refractivity contribution in [2.45, 2.75) is 102 Å². The Morgan fingerprint density at radius 1 is 1.07 bits per heavy atom. The number of aliphatic hydroxyl groups excluding tert-OH is 2. The van der Waals surface area contributed by atoms with Crippen molar-refractivity contribution in [3.63, 3.8) is 0 Å². The maximum absolute atomic E-state index is 13.5. The lowest BCUT2D eigenvalue weighted by atomic mass is 9.45. The molecule has 1 heterocycles. The van der Waals surface area contributed by atoms with E-state index in [1.807, 2.05) is 6.92 Å². The molecule has 1 saturated heterocycles. The predicted octanol–water partition coefficient (Wildman–Crippen LogP) is 1.25. The molecule has 0 aromatic heterocycles. The number of fused-ring (bicyclic) bond motifs is 5. The smallest absolute Gasteiger partial charge is 0.328 e. The van der Waals surface area contributed by atoms with Crippen LogP contribution in [0.4, 0.5) is 0 Å². The maximum atomic E-state index is 13.5. The Kier molecular flexibility index (Phi) is 8.17. The summed E-state index contributed by atoms with van der Waals surface area (Å²) in [5.74, 6) is -2.37. The van der Waals surface area contributed by atoms with Crippen LogP contribution in [-0.2, 0) is 33.4 Å². The molecule has 0 bridgehead atoms. The van der Waals surface area contributed by atoms with Crippen molar-refractivity contribution in [1.29, 1.82) is 0 Å². The molecule has 9 unspecified atom stereocenters. The van der Waals surface area contributed by atoms with Crippen molar-refractivity contribution in [3.8, 4) is 0 Å². The number of ether oxygens (including phenoxy) is 2. The summed E-state index contributed by atoms with van der Waals surface area (Å²) in [5, 5.41) is 33.2. The highest BCUT2D eigenvalue weighted by Gasteiger charge is 2.68. The van der Waals surface area contributed by atoms with Gasteiger partial charge < -0.3 is 29.7 Å². The molecular weight excluding hydrogens is 546 g/mol. The molecule has 1 aliphatic heterocycles. The van der Waals surface area contributed by atoms with Crippen molar-refractivity contribution in [1.82, 2.24) is 4.90 Å². The van der Waals surface area contributed by atoms with Gasteiger partial charge in [-0.3, -0.25) is 19.2 Å². The van der Waals surface area contributed by atoms with Crippen molar-refractivity contribution in [3.05, 3.63) is 11.6 Å². The Balaban J connectivity index is 1.20. The van der Waals surface area contributed by atoms with Crippen LogP contribution in [0.2, 0.25) is 0 Å². The molecule has 3 saturated carbocycles. The number of amides is 1. The zero-order valence-corrected chi connectivity index (χ0v) is 24.7. The first-order valence-electron chi connectivity index (χ1n) is 15.1. The minimum atomic E-state index is -1.77. The first kappa shape index (κ1) is 30.8. The SMILES string of the molecule is COC(=O)C1CC(O)CN1C(=O)CCC(=O)OCC(=O)C1(O)CCC2C3CCC4=CC(=O)CCC4(C)C3C(O)CC21C. The van der Waals surface area contributed by atoms with Crippen LogP contribution in [0.15, 0.2) is 11.6 Å². The average Bonchev–Trinajstić information content (AvgIpc) is 3.47. The van der Waals surface area contributed by atoms with Crippen LogP contribution in [0.5, 0.6) is 0 Å². The number of carbonyl (C=O) groups excluding carboxylic acids is 5. The van der Waals surface area contributed by atoms with Gasteiger partial charge in [0, 0.05) is 31.2 Å². The third-order valence-corrected chi connectivity index (χ3v) is 11.5. The molecule has 5 aliphatic rings. The first-order valence-corrected chi connectivity index (χ1v) is 15.1. The molecule has 11 heteroatoms. The third kappa shape index (κ3) is 4.91. The monoisotopic (exact) mass is 589 g/mol. The number of likely N-dealkylation sites (tertiary alicyclic amines) is 1. The van der Waals surface area contributed by atoms with E-state index in [1.165, 1.54) is 12.0 Å². The summed E-state index contributed by atoms with van der Waals surface area (Å²) >= 11 is 0. The second-order valence-electron chi connectivity index (χ2n) is 13.5. The molecular formula is C31H43NO10. The van der Waals surface area contributed by atoms with Crippen LogP contribution < -0.4 is 0 Å². The van der Waals surface area contributed by atoms with E-state index in [0.717, 1.165) is 18.4 Å². The highest BCUT2D eigenvalue weighted by atomic mass is 16.5. The highest BCUT2D eigenvalue weighted by Crippen LogP contribution is 2.67. The topological polar surface area (TPSA) is 168 Å². The molecule has 3 N–H and O–H groups in total. The van der Waals surface area contributed by atoms with E-state index in [0.29, 0.717) is 19.3 Å². The lowest BCUT2D eigenvalue weighted by Crippen LogP contribution is -2.62. The molecule has 5 rings (SSSR count). The van der Waals surface area contributed by atoms with Crippen LogP contribution in [-0.4, -0.2) is 93.7 Å². The number of hydrogen-bond donors (Lipinski definition) is 3. The lowest BCUT2D eigenvalue weighted by molar-refractivity contribution is -0.184. The fourth-order valence-corrected chi connectivity index (χ4v) is 9.29. The van der Waals surface area contributed by atoms with Crippen molar-refractivity contribution in [2.24, 2.45) is 28.6 Å². The molecule has 4 aliphatic carbocycles. The fourth-order valence-electron chi connectivity index (χ4n) is 9.29. The van der Waals surface area contributed by atoms with Gasteiger partial charge in [0.05, 0.1) is 25.7 Å². The fraction of sp³-hybridized carbons (Fsp3) is 0.774. The molecule has 4 fully saturated rings. The Hall–Kier alpha value is -2.63. The van der Waals surface area contributed by atoms with Crippen molar-refractivity contribution in [2.75, 3.05) is 20.3 Å². The largest absolute Gasteiger partial charge is 0.467 e. The predicted molar refractivity (Wildman–Crippen MR) is 146 cm³/mol. The maximum Gasteiger partial charge on any atom is 0.328 e. The average molecular weight is 590 g/mol. The molecule has 0 aromatic rings. The van der Waals surface area contributed by atoms with Crippen LogP contribution in [0.1, 0.15) is 78.1 Å². The Morgan fingerprint density at radius 3 is 2.52 bits per heavy atom. The summed E-state index contributed by atoms with van der Waals surface area (Å²) < 4.78 is 9.90. The summed E-state index contributed by atoms with van der Waals surface area (Å²) in [6, 6.07) is -0.916. The second kappa shape index (κ2) is 11.1. The number of methoxy groups -OCH3 is 1. The molecule has 0 spiro atoms. The Labute approximate surface area is 245 Å². The molecule has 232 valence electrons. The molecule has 0 aromatic carbocycles. The number of β-amino-alcohol motifs (C(OH)–C–C–N with tert-alkyl or cyclic N) is 1. The summed E-state index contributed by atoms with van der Waals surface area (Å²) in [5.41, 5.74) is -1.83. The van der Waals surface area contributed by atoms with Gasteiger partial charge in [0.1, 0.15) is 11.6 Å². The van der Waals surface area contributed by atoms with E-state index in [-0.39, 0.29) is 67.6 Å². The minimum absolute atomic E-state index is 0.00254. The lowest BCUT2D eigenvalue weighted by Gasteiger charge is -2.60. The number of Topliss-reactive ketones (excluding diaryl/α,β-unsaturated/α-hetero) is 1. The van der Waals surface area contributed by atoms with Gasteiger partial charge in [0.25, 0.3) is 0 Å². The quantitative estimate of drug-likeness (QED) is 0.368. The van der Waals surface area contributed by atoms with E-state index in [9.17, 15) is 39.3 Å². The number of ketones is 2. The van der Waals surface area contributed by atoms with Crippen LogP contribution >= 0.6 is 0 Å².